The number of benzene rings is 1. The third kappa shape index (κ3) is 4.30. The first kappa shape index (κ1) is 19.9. The number of aryl methyl sites for hydroxylation is 1. The summed E-state index contributed by atoms with van der Waals surface area (Å²) >= 11 is 1.49. The molecule has 9 heteroatoms. The Morgan fingerprint density at radius 1 is 1.28 bits per heavy atom. The van der Waals surface area contributed by atoms with Crippen LogP contribution in [0, 0.1) is 0 Å². The number of nitrogens with zero attached hydrogens (tertiary/aromatic N) is 3. The van der Waals surface area contributed by atoms with E-state index in [0.717, 1.165) is 35.1 Å². The lowest BCUT2D eigenvalue weighted by Gasteiger charge is -2.20. The van der Waals surface area contributed by atoms with Crippen LogP contribution in [0.1, 0.15) is 27.2 Å². The number of fused-ring (bicyclic) bond motifs is 2. The predicted octanol–water partition coefficient (Wildman–Crippen LogP) is 2.47. The van der Waals surface area contributed by atoms with Crippen molar-refractivity contribution in [3.8, 4) is 11.5 Å². The second kappa shape index (κ2) is 7.80. The molecule has 3 N–H and O–H groups in total. The fraction of sp³-hybridized carbons (Fsp3) is 0.400. The zero-order chi connectivity index (χ0) is 20.6. The molecule has 0 bridgehead atoms. The third-order valence-electron chi connectivity index (χ3n) is 4.58. The van der Waals surface area contributed by atoms with E-state index in [9.17, 15) is 0 Å². The van der Waals surface area contributed by atoms with Crippen LogP contribution in [0.15, 0.2) is 34.4 Å². The molecule has 0 saturated heterocycles. The largest absolute Gasteiger partial charge is 0.454 e. The summed E-state index contributed by atoms with van der Waals surface area (Å²) < 4.78 is 13.1. The monoisotopic (exact) mass is 409 g/mol. The maximum absolute atomic E-state index is 6.24. The van der Waals surface area contributed by atoms with Crippen molar-refractivity contribution < 1.29 is 9.47 Å². The molecule has 2 aromatic heterocycles. The number of nitrogen functional groups attached to an aromatic ring is 1. The first-order chi connectivity index (χ1) is 13.8. The Morgan fingerprint density at radius 2 is 2.03 bits per heavy atom. The molecular weight excluding hydrogens is 385 g/mol. The van der Waals surface area contributed by atoms with Gasteiger partial charge in [0.1, 0.15) is 13.4 Å². The highest BCUT2D eigenvalue weighted by atomic mass is 32.2. The van der Waals surface area contributed by atoms with Crippen molar-refractivity contribution in [2.75, 3.05) is 19.1 Å². The number of nitrogens with one attached hydrogen (secondary N) is 1. The van der Waals surface area contributed by atoms with Crippen LogP contribution in [-0.4, -0.2) is 41.3 Å². The molecule has 0 amide bonds. The summed E-state index contributed by atoms with van der Waals surface area (Å²) in [5, 5.41) is 4.34. The van der Waals surface area contributed by atoms with Gasteiger partial charge in [-0.2, -0.15) is 0 Å². The van der Waals surface area contributed by atoms with Crippen LogP contribution < -0.4 is 26.0 Å². The highest BCUT2D eigenvalue weighted by Crippen LogP contribution is 2.37. The van der Waals surface area contributed by atoms with Crippen LogP contribution >= 0.6 is 11.8 Å². The topological polar surface area (TPSA) is 87.2 Å². The van der Waals surface area contributed by atoms with Crippen molar-refractivity contribution in [3.63, 3.8) is 0 Å². The van der Waals surface area contributed by atoms with Gasteiger partial charge in [0.2, 0.25) is 6.79 Å². The van der Waals surface area contributed by atoms with Gasteiger partial charge < -0.3 is 25.1 Å². The number of nitrogens with two attached hydrogens (primary N) is 1. The van der Waals surface area contributed by atoms with Crippen molar-refractivity contribution in [3.05, 3.63) is 24.4 Å². The van der Waals surface area contributed by atoms with Crippen LogP contribution in [-0.2, 0) is 6.54 Å². The number of hydrogen-bond donors (Lipinski definition) is 2. The molecule has 4 rings (SSSR count). The molecule has 0 fully saturated rings. The van der Waals surface area contributed by atoms with Crippen molar-refractivity contribution in [1.29, 1.82) is 0 Å². The average molecular weight is 409 g/mol. The zero-order valence-electron chi connectivity index (χ0n) is 16.9. The van der Waals surface area contributed by atoms with E-state index in [4.69, 9.17) is 28.0 Å². The molecule has 3 heterocycles. The minimum Gasteiger partial charge on any atom is -0.454 e. The van der Waals surface area contributed by atoms with Gasteiger partial charge in [0.15, 0.2) is 22.5 Å². The minimum atomic E-state index is 0.0872. The third-order valence-corrected chi connectivity index (χ3v) is 5.65. The highest BCUT2D eigenvalue weighted by Gasteiger charge is 2.19. The maximum Gasteiger partial charge on any atom is 0.231 e. The number of rotatable bonds is 6. The molecule has 7 nitrogen and oxygen atoms in total. The summed E-state index contributed by atoms with van der Waals surface area (Å²) in [6.07, 6.45) is 2.67. The van der Waals surface area contributed by atoms with E-state index in [1.165, 1.54) is 11.8 Å². The van der Waals surface area contributed by atoms with Gasteiger partial charge in [0, 0.05) is 23.2 Å². The van der Waals surface area contributed by atoms with E-state index in [0.29, 0.717) is 28.3 Å². The van der Waals surface area contributed by atoms with Crippen LogP contribution in [0.4, 0.5) is 5.82 Å². The molecule has 0 spiro atoms. The lowest BCUT2D eigenvalue weighted by atomic mass is 9.96. The van der Waals surface area contributed by atoms with Gasteiger partial charge in [0.05, 0.1) is 5.52 Å². The van der Waals surface area contributed by atoms with Crippen LogP contribution in [0.25, 0.3) is 11.0 Å². The summed E-state index contributed by atoms with van der Waals surface area (Å²) in [5.41, 5.74) is 8.46. The number of imidazole rings is 1. The second-order valence-corrected chi connectivity index (χ2v) is 8.99. The lowest BCUT2D eigenvalue weighted by Crippen LogP contribution is -2.36. The molecule has 1 aliphatic heterocycles. The van der Waals surface area contributed by atoms with Crippen LogP contribution in [0.2, 0.25) is 0 Å². The molecule has 0 saturated carbocycles. The van der Waals surface area contributed by atoms with Gasteiger partial charge in [-0.3, -0.25) is 0 Å². The first-order valence-corrected chi connectivity index (χ1v) is 10.4. The SMILES string of the molecule is [B]c1cc2c(cc1Sc1nc3c(N)nccc3n1CCCNC(C)(C)C)OCO2. The normalized spacial score (nSPS) is 13.3. The number of aromatic nitrogens is 3. The molecule has 0 aliphatic carbocycles. The Hall–Kier alpha value is -2.39. The van der Waals surface area contributed by atoms with Gasteiger partial charge >= 0.3 is 0 Å². The van der Waals surface area contributed by atoms with Crippen molar-refractivity contribution in [2.45, 2.75) is 49.3 Å². The molecule has 3 aromatic rings. The van der Waals surface area contributed by atoms with Gasteiger partial charge in [-0.15, -0.1) is 0 Å². The minimum absolute atomic E-state index is 0.0872. The number of ether oxygens (including phenoxy) is 2. The molecule has 1 aliphatic rings. The van der Waals surface area contributed by atoms with E-state index >= 15 is 0 Å². The van der Waals surface area contributed by atoms with Gasteiger partial charge in [0.25, 0.3) is 0 Å². The summed E-state index contributed by atoms with van der Waals surface area (Å²) in [6, 6.07) is 5.64. The van der Waals surface area contributed by atoms with E-state index < -0.39 is 0 Å². The molecule has 0 atom stereocenters. The van der Waals surface area contributed by atoms with E-state index in [-0.39, 0.29) is 12.3 Å². The fourth-order valence-electron chi connectivity index (χ4n) is 3.17. The zero-order valence-corrected chi connectivity index (χ0v) is 17.7. The standard InChI is InChI=1S/C20H24BN5O2S/c1-20(2,3)24-6-4-8-26-13-5-7-23-18(22)17(13)25-19(26)29-16-10-15-14(9-12(16)21)27-11-28-15/h5,7,9-10,24H,4,6,8,11H2,1-3H3,(H2,22,23). The molecule has 150 valence electrons. The van der Waals surface area contributed by atoms with Crippen molar-refractivity contribution in [1.82, 2.24) is 19.9 Å². The summed E-state index contributed by atoms with van der Waals surface area (Å²) in [7, 11) is 6.24. The van der Waals surface area contributed by atoms with Crippen molar-refractivity contribution in [2.24, 2.45) is 0 Å². The van der Waals surface area contributed by atoms with E-state index in [1.54, 1.807) is 12.3 Å². The second-order valence-electron chi connectivity index (χ2n) is 7.99. The fourth-order valence-corrected chi connectivity index (χ4v) is 4.15. The smallest absolute Gasteiger partial charge is 0.231 e. The summed E-state index contributed by atoms with van der Waals surface area (Å²) in [6.45, 7) is 8.40. The van der Waals surface area contributed by atoms with Crippen molar-refractivity contribution >= 4 is 41.9 Å². The Balaban J connectivity index is 1.64. The van der Waals surface area contributed by atoms with Gasteiger partial charge in [-0.25, -0.2) is 9.97 Å². The highest BCUT2D eigenvalue weighted by molar-refractivity contribution is 7.99. The first-order valence-electron chi connectivity index (χ1n) is 9.54. The van der Waals surface area contributed by atoms with Gasteiger partial charge in [-0.1, -0.05) is 17.2 Å². The Labute approximate surface area is 175 Å². The number of hydrogen-bond acceptors (Lipinski definition) is 7. The van der Waals surface area contributed by atoms with Crippen LogP contribution in [0.5, 0.6) is 11.5 Å². The Kier molecular flexibility index (Phi) is 5.35. The maximum atomic E-state index is 6.24. The molecular formula is C20H24BN5O2S. The Morgan fingerprint density at radius 3 is 2.79 bits per heavy atom. The van der Waals surface area contributed by atoms with E-state index in [2.05, 4.69) is 35.6 Å². The quantitative estimate of drug-likeness (QED) is 0.478. The average Bonchev–Trinajstić information content (AvgIpc) is 3.23. The number of pyridine rings is 1. The molecule has 1 aromatic carbocycles. The summed E-state index contributed by atoms with van der Waals surface area (Å²) in [4.78, 5) is 9.81. The van der Waals surface area contributed by atoms with Gasteiger partial charge in [-0.05, 0) is 51.9 Å². The molecule has 29 heavy (non-hydrogen) atoms. The molecule has 2 radical (unpaired) electrons. The van der Waals surface area contributed by atoms with E-state index in [1.807, 2.05) is 12.1 Å². The van der Waals surface area contributed by atoms with Crippen LogP contribution in [0.3, 0.4) is 0 Å². The predicted molar refractivity (Wildman–Crippen MR) is 116 cm³/mol. The summed E-state index contributed by atoms with van der Waals surface area (Å²) in [5.74, 6) is 1.79. The number of anilines is 1. The molecule has 0 unspecified atom stereocenters. The Bertz CT molecular complexity index is 1050. The lowest BCUT2D eigenvalue weighted by molar-refractivity contribution is 0.174.